The van der Waals surface area contributed by atoms with E-state index in [1.54, 1.807) is 0 Å². The maximum atomic E-state index is 3.85. The van der Waals surface area contributed by atoms with Gasteiger partial charge in [0.05, 0.1) is 0 Å². The highest BCUT2D eigenvalue weighted by atomic mass is 79.9. The molecule has 0 radical (unpaired) electrons. The predicted molar refractivity (Wildman–Crippen MR) is 85.4 cm³/mol. The van der Waals surface area contributed by atoms with Gasteiger partial charge in [-0.15, -0.1) is 0 Å². The second kappa shape index (κ2) is 6.23. The summed E-state index contributed by atoms with van der Waals surface area (Å²) in [6, 6.07) is 6.80. The van der Waals surface area contributed by atoms with Gasteiger partial charge in [0.15, 0.2) is 0 Å². The minimum atomic E-state index is 0.426. The zero-order valence-electron chi connectivity index (χ0n) is 12.7. The summed E-state index contributed by atoms with van der Waals surface area (Å²) >= 11 is 3.85. The summed E-state index contributed by atoms with van der Waals surface area (Å²) in [4.78, 5) is 0.481. The van der Waals surface area contributed by atoms with Crippen LogP contribution in [0, 0.1) is 25.2 Å². The number of halogens is 1. The molecule has 0 aliphatic rings. The van der Waals surface area contributed by atoms with Crippen molar-refractivity contribution < 1.29 is 0 Å². The Balaban J connectivity index is 2.64. The lowest BCUT2D eigenvalue weighted by Crippen LogP contribution is -2.12. The molecule has 0 aliphatic heterocycles. The van der Waals surface area contributed by atoms with E-state index in [9.17, 15) is 0 Å². The van der Waals surface area contributed by atoms with E-state index >= 15 is 0 Å². The molecule has 1 aromatic rings. The number of hydrogen-bond donors (Lipinski definition) is 0. The van der Waals surface area contributed by atoms with Crippen LogP contribution in [-0.4, -0.2) is 0 Å². The summed E-state index contributed by atoms with van der Waals surface area (Å²) in [5.41, 5.74) is 4.61. The maximum Gasteiger partial charge on any atom is 0.0397 e. The van der Waals surface area contributed by atoms with Crippen molar-refractivity contribution in [2.75, 3.05) is 0 Å². The topological polar surface area (TPSA) is 0 Å². The maximum absolute atomic E-state index is 3.85. The normalized spacial score (nSPS) is 15.5. The molecule has 0 aliphatic carbocycles. The molecular formula is C17H27Br. The molecule has 0 bridgehead atoms. The van der Waals surface area contributed by atoms with Crippen molar-refractivity contribution in [2.45, 2.75) is 59.2 Å². The molecule has 18 heavy (non-hydrogen) atoms. The van der Waals surface area contributed by atoms with Crippen LogP contribution in [0.1, 0.15) is 62.1 Å². The second-order valence-electron chi connectivity index (χ2n) is 6.92. The van der Waals surface area contributed by atoms with Crippen LogP contribution in [0.3, 0.4) is 0 Å². The van der Waals surface area contributed by atoms with E-state index in [1.807, 2.05) is 0 Å². The summed E-state index contributed by atoms with van der Waals surface area (Å²) in [7, 11) is 0. The first-order valence-corrected chi connectivity index (χ1v) is 7.82. The molecule has 0 aromatic heterocycles. The first kappa shape index (κ1) is 15.8. The van der Waals surface area contributed by atoms with Gasteiger partial charge in [0.25, 0.3) is 0 Å². The molecule has 102 valence electrons. The van der Waals surface area contributed by atoms with Gasteiger partial charge in [0.1, 0.15) is 0 Å². The lowest BCUT2D eigenvalue weighted by Gasteiger charge is -2.25. The quantitative estimate of drug-likeness (QED) is 0.581. The van der Waals surface area contributed by atoms with Crippen LogP contribution >= 0.6 is 15.9 Å². The Morgan fingerprint density at radius 3 is 2.22 bits per heavy atom. The Morgan fingerprint density at radius 2 is 1.72 bits per heavy atom. The molecule has 0 N–H and O–H groups in total. The molecule has 0 saturated carbocycles. The third-order valence-corrected chi connectivity index (χ3v) is 4.37. The van der Waals surface area contributed by atoms with Crippen molar-refractivity contribution in [2.24, 2.45) is 11.3 Å². The van der Waals surface area contributed by atoms with Gasteiger partial charge in [-0.3, -0.25) is 0 Å². The van der Waals surface area contributed by atoms with Crippen molar-refractivity contribution in [3.05, 3.63) is 34.9 Å². The zero-order chi connectivity index (χ0) is 13.9. The average molecular weight is 311 g/mol. The van der Waals surface area contributed by atoms with Crippen LogP contribution in [0.15, 0.2) is 18.2 Å². The van der Waals surface area contributed by atoms with Crippen LogP contribution in [0.2, 0.25) is 0 Å². The molecule has 2 atom stereocenters. The molecule has 1 rings (SSSR count). The first-order valence-electron chi connectivity index (χ1n) is 6.90. The molecule has 0 fully saturated rings. The number of benzene rings is 1. The Bertz CT molecular complexity index is 387. The van der Waals surface area contributed by atoms with Gasteiger partial charge in [0, 0.05) is 4.83 Å². The van der Waals surface area contributed by atoms with E-state index in [1.165, 1.54) is 29.5 Å². The third-order valence-electron chi connectivity index (χ3n) is 3.46. The van der Waals surface area contributed by atoms with Crippen molar-refractivity contribution in [1.29, 1.82) is 0 Å². The van der Waals surface area contributed by atoms with Gasteiger partial charge in [-0.25, -0.2) is 0 Å². The smallest absolute Gasteiger partial charge is 0.0397 e. The molecule has 0 spiro atoms. The monoisotopic (exact) mass is 310 g/mol. The largest absolute Gasteiger partial charge is 0.0839 e. The second-order valence-corrected chi connectivity index (χ2v) is 8.02. The number of alkyl halides is 1. The van der Waals surface area contributed by atoms with Crippen LogP contribution < -0.4 is 0 Å². The van der Waals surface area contributed by atoms with E-state index in [-0.39, 0.29) is 0 Å². The highest BCUT2D eigenvalue weighted by Gasteiger charge is 2.18. The Kier molecular flexibility index (Phi) is 5.46. The van der Waals surface area contributed by atoms with E-state index in [2.05, 4.69) is 75.7 Å². The highest BCUT2D eigenvalue weighted by Crippen LogP contribution is 2.35. The van der Waals surface area contributed by atoms with Gasteiger partial charge in [-0.1, -0.05) is 61.8 Å². The average Bonchev–Trinajstić information content (AvgIpc) is 2.18. The fourth-order valence-electron chi connectivity index (χ4n) is 2.58. The predicted octanol–water partition coefficient (Wildman–Crippen LogP) is 6.20. The molecule has 2 unspecified atom stereocenters. The molecule has 1 aromatic carbocycles. The molecule has 0 amide bonds. The minimum absolute atomic E-state index is 0.426. The van der Waals surface area contributed by atoms with E-state index in [0.29, 0.717) is 10.2 Å². The molecular weight excluding hydrogens is 284 g/mol. The van der Waals surface area contributed by atoms with Crippen LogP contribution in [0.5, 0.6) is 0 Å². The standard InChI is InChI=1S/C17H27Br/c1-12(11-17(4,5)6)9-16(18)15-8-7-13(2)14(3)10-15/h7-8,10,12,16H,9,11H2,1-6H3. The molecule has 0 heterocycles. The van der Waals surface area contributed by atoms with E-state index < -0.39 is 0 Å². The summed E-state index contributed by atoms with van der Waals surface area (Å²) in [6.07, 6.45) is 2.49. The summed E-state index contributed by atoms with van der Waals surface area (Å²) in [5.74, 6) is 0.746. The lowest BCUT2D eigenvalue weighted by molar-refractivity contribution is 0.296. The number of hydrogen-bond acceptors (Lipinski definition) is 0. The number of rotatable bonds is 4. The van der Waals surface area contributed by atoms with E-state index in [0.717, 1.165) is 5.92 Å². The van der Waals surface area contributed by atoms with Crippen molar-refractivity contribution in [3.63, 3.8) is 0 Å². The van der Waals surface area contributed by atoms with Crippen LogP contribution in [-0.2, 0) is 0 Å². The fourth-order valence-corrected chi connectivity index (χ4v) is 3.50. The fraction of sp³-hybridized carbons (Fsp3) is 0.647. The molecule has 1 heteroatoms. The Hall–Kier alpha value is -0.300. The van der Waals surface area contributed by atoms with Crippen LogP contribution in [0.25, 0.3) is 0 Å². The SMILES string of the molecule is Cc1ccc(C(Br)CC(C)CC(C)(C)C)cc1C. The first-order chi connectivity index (χ1) is 8.19. The van der Waals surface area contributed by atoms with Crippen molar-refractivity contribution >= 4 is 15.9 Å². The van der Waals surface area contributed by atoms with Crippen LogP contribution in [0.4, 0.5) is 0 Å². The zero-order valence-corrected chi connectivity index (χ0v) is 14.3. The Morgan fingerprint density at radius 1 is 1.11 bits per heavy atom. The van der Waals surface area contributed by atoms with Gasteiger partial charge in [-0.05, 0) is 54.7 Å². The van der Waals surface area contributed by atoms with Gasteiger partial charge >= 0.3 is 0 Å². The lowest BCUT2D eigenvalue weighted by atomic mass is 9.83. The molecule has 0 saturated heterocycles. The minimum Gasteiger partial charge on any atom is -0.0839 e. The van der Waals surface area contributed by atoms with E-state index in [4.69, 9.17) is 0 Å². The summed E-state index contributed by atoms with van der Waals surface area (Å²) in [5, 5.41) is 0. The summed E-state index contributed by atoms with van der Waals surface area (Å²) in [6.45, 7) is 13.7. The van der Waals surface area contributed by atoms with Crippen molar-refractivity contribution in [1.82, 2.24) is 0 Å². The Labute approximate surface area is 121 Å². The highest BCUT2D eigenvalue weighted by molar-refractivity contribution is 9.09. The van der Waals surface area contributed by atoms with Crippen molar-refractivity contribution in [3.8, 4) is 0 Å². The molecule has 0 nitrogen and oxygen atoms in total. The number of aryl methyl sites for hydroxylation is 2. The van der Waals surface area contributed by atoms with Gasteiger partial charge in [0.2, 0.25) is 0 Å². The van der Waals surface area contributed by atoms with Gasteiger partial charge < -0.3 is 0 Å². The summed E-state index contributed by atoms with van der Waals surface area (Å²) < 4.78 is 0. The van der Waals surface area contributed by atoms with Gasteiger partial charge in [-0.2, -0.15) is 0 Å². The third kappa shape index (κ3) is 5.14.